The molecule has 37 heavy (non-hydrogen) atoms. The van der Waals surface area contributed by atoms with Crippen molar-refractivity contribution in [2.45, 2.75) is 17.4 Å². The summed E-state index contributed by atoms with van der Waals surface area (Å²) in [7, 11) is -1.12. The minimum Gasteiger partial charge on any atom is -0.493 e. The number of carbonyl (C=O) groups is 1. The van der Waals surface area contributed by atoms with Crippen molar-refractivity contribution < 1.29 is 22.7 Å². The Hall–Kier alpha value is -3.27. The molecule has 1 unspecified atom stereocenters. The molecule has 1 N–H and O–H groups in total. The van der Waals surface area contributed by atoms with Crippen molar-refractivity contribution in [3.8, 4) is 11.5 Å². The molecule has 1 fully saturated rings. The highest BCUT2D eigenvalue weighted by molar-refractivity contribution is 7.89. The van der Waals surface area contributed by atoms with Gasteiger partial charge in [0.15, 0.2) is 11.5 Å². The average molecular weight is 544 g/mol. The maximum Gasteiger partial charge on any atom is 0.241 e. The van der Waals surface area contributed by atoms with Gasteiger partial charge in [0.05, 0.1) is 19.1 Å². The van der Waals surface area contributed by atoms with Crippen LogP contribution in [0.5, 0.6) is 11.5 Å². The van der Waals surface area contributed by atoms with Crippen LogP contribution in [-0.2, 0) is 21.2 Å². The van der Waals surface area contributed by atoms with E-state index in [1.807, 2.05) is 54.6 Å². The van der Waals surface area contributed by atoms with Crippen LogP contribution in [0.1, 0.15) is 5.56 Å². The van der Waals surface area contributed by atoms with Crippen molar-refractivity contribution in [3.05, 3.63) is 83.4 Å². The van der Waals surface area contributed by atoms with E-state index in [2.05, 4.69) is 9.62 Å². The molecule has 3 aromatic carbocycles. The molecule has 0 aliphatic carbocycles. The van der Waals surface area contributed by atoms with Crippen molar-refractivity contribution in [2.75, 3.05) is 45.3 Å². The topological polar surface area (TPSA) is 88.2 Å². The summed E-state index contributed by atoms with van der Waals surface area (Å²) >= 11 is 6.14. The predicted molar refractivity (Wildman–Crippen MR) is 144 cm³/mol. The van der Waals surface area contributed by atoms with E-state index in [9.17, 15) is 13.2 Å². The van der Waals surface area contributed by atoms with Crippen LogP contribution in [-0.4, -0.2) is 65.7 Å². The van der Waals surface area contributed by atoms with Gasteiger partial charge in [-0.15, -0.1) is 0 Å². The molecule has 196 valence electrons. The number of nitrogens with zero attached hydrogens (tertiary/aromatic N) is 2. The van der Waals surface area contributed by atoms with Crippen LogP contribution in [0.25, 0.3) is 0 Å². The van der Waals surface area contributed by atoms with E-state index in [1.165, 1.54) is 32.4 Å². The SMILES string of the molecule is COc1ccc(S(=O)(=O)NC(Cc2ccccc2)C(=O)N2CCN(c3cccc(Cl)c3)CC2)cc1OC. The number of carbonyl (C=O) groups excluding carboxylic acids is 1. The summed E-state index contributed by atoms with van der Waals surface area (Å²) < 4.78 is 39.8. The minimum atomic E-state index is -4.04. The Morgan fingerprint density at radius 3 is 2.27 bits per heavy atom. The molecule has 8 nitrogen and oxygen atoms in total. The van der Waals surface area contributed by atoms with Crippen LogP contribution < -0.4 is 19.1 Å². The maximum absolute atomic E-state index is 13.6. The van der Waals surface area contributed by atoms with Crippen LogP contribution in [0.4, 0.5) is 5.69 Å². The molecule has 1 saturated heterocycles. The smallest absolute Gasteiger partial charge is 0.241 e. The Morgan fingerprint density at radius 1 is 0.919 bits per heavy atom. The number of halogens is 1. The maximum atomic E-state index is 13.6. The summed E-state index contributed by atoms with van der Waals surface area (Å²) in [5.41, 5.74) is 1.85. The summed E-state index contributed by atoms with van der Waals surface area (Å²) in [6, 6.07) is 20.3. The van der Waals surface area contributed by atoms with Gasteiger partial charge in [-0.1, -0.05) is 48.0 Å². The second-order valence-corrected chi connectivity index (χ2v) is 10.8. The van der Waals surface area contributed by atoms with Gasteiger partial charge >= 0.3 is 0 Å². The van der Waals surface area contributed by atoms with Gasteiger partial charge in [-0.25, -0.2) is 8.42 Å². The molecule has 0 bridgehead atoms. The number of piperazine rings is 1. The van der Waals surface area contributed by atoms with Gasteiger partial charge in [-0.3, -0.25) is 4.79 Å². The predicted octanol–water partition coefficient (Wildman–Crippen LogP) is 3.60. The molecular weight excluding hydrogens is 514 g/mol. The average Bonchev–Trinajstić information content (AvgIpc) is 2.92. The lowest BCUT2D eigenvalue weighted by atomic mass is 10.1. The second kappa shape index (κ2) is 11.9. The van der Waals surface area contributed by atoms with E-state index in [-0.39, 0.29) is 23.0 Å². The number of methoxy groups -OCH3 is 2. The van der Waals surface area contributed by atoms with Gasteiger partial charge in [0.2, 0.25) is 15.9 Å². The van der Waals surface area contributed by atoms with Crippen molar-refractivity contribution in [3.63, 3.8) is 0 Å². The molecule has 1 amide bonds. The van der Waals surface area contributed by atoms with Gasteiger partial charge in [-0.2, -0.15) is 4.72 Å². The number of hydrogen-bond acceptors (Lipinski definition) is 6. The Morgan fingerprint density at radius 2 is 1.62 bits per heavy atom. The molecule has 1 heterocycles. The quantitative estimate of drug-likeness (QED) is 0.444. The fraction of sp³-hybridized carbons (Fsp3) is 0.296. The van der Waals surface area contributed by atoms with Crippen LogP contribution in [0.15, 0.2) is 77.7 Å². The number of hydrogen-bond donors (Lipinski definition) is 1. The van der Waals surface area contributed by atoms with Gasteiger partial charge < -0.3 is 19.3 Å². The third-order valence-electron chi connectivity index (χ3n) is 6.31. The molecule has 3 aromatic rings. The Balaban J connectivity index is 1.53. The van der Waals surface area contributed by atoms with Gasteiger partial charge in [0.1, 0.15) is 6.04 Å². The first-order valence-electron chi connectivity index (χ1n) is 11.9. The molecule has 4 rings (SSSR count). The van der Waals surface area contributed by atoms with Crippen LogP contribution >= 0.6 is 11.6 Å². The van der Waals surface area contributed by atoms with E-state index in [0.717, 1.165) is 11.3 Å². The number of nitrogens with one attached hydrogen (secondary N) is 1. The van der Waals surface area contributed by atoms with Crippen LogP contribution in [0.3, 0.4) is 0 Å². The number of benzene rings is 3. The Bertz CT molecular complexity index is 1330. The lowest BCUT2D eigenvalue weighted by Gasteiger charge is -2.37. The molecule has 1 aliphatic rings. The third kappa shape index (κ3) is 6.54. The van der Waals surface area contributed by atoms with Crippen LogP contribution in [0.2, 0.25) is 5.02 Å². The second-order valence-electron chi connectivity index (χ2n) is 8.67. The molecule has 10 heteroatoms. The Labute approximate surface area is 222 Å². The molecule has 0 saturated carbocycles. The van der Waals surface area contributed by atoms with E-state index < -0.39 is 16.1 Å². The largest absolute Gasteiger partial charge is 0.493 e. The summed E-state index contributed by atoms with van der Waals surface area (Å²) in [5, 5.41) is 0.656. The first kappa shape index (κ1) is 26.8. The van der Waals surface area contributed by atoms with E-state index in [1.54, 1.807) is 4.90 Å². The third-order valence-corrected chi connectivity index (χ3v) is 8.01. The zero-order chi connectivity index (χ0) is 26.4. The van der Waals surface area contributed by atoms with Gasteiger partial charge in [0.25, 0.3) is 0 Å². The summed E-state index contributed by atoms with van der Waals surface area (Å²) in [4.78, 5) is 17.5. The highest BCUT2D eigenvalue weighted by Gasteiger charge is 2.32. The Kier molecular flexibility index (Phi) is 8.58. The summed E-state index contributed by atoms with van der Waals surface area (Å²) in [5.74, 6) is 0.433. The lowest BCUT2D eigenvalue weighted by molar-refractivity contribution is -0.133. The zero-order valence-electron chi connectivity index (χ0n) is 20.8. The molecular formula is C27H30ClN3O5S. The standard InChI is InChI=1S/C27H30ClN3O5S/c1-35-25-12-11-23(19-26(25)36-2)37(33,34)29-24(17-20-7-4-3-5-8-20)27(32)31-15-13-30(14-16-31)22-10-6-9-21(28)18-22/h3-12,18-19,24,29H,13-17H2,1-2H3. The number of amides is 1. The van der Waals surface area contributed by atoms with Crippen molar-refractivity contribution in [2.24, 2.45) is 0 Å². The van der Waals surface area contributed by atoms with Gasteiger partial charge in [-0.05, 0) is 42.3 Å². The first-order chi connectivity index (χ1) is 17.8. The minimum absolute atomic E-state index is 0.0122. The summed E-state index contributed by atoms with van der Waals surface area (Å²) in [6.07, 6.45) is 0.223. The van der Waals surface area contributed by atoms with Gasteiger partial charge in [0, 0.05) is 43.0 Å². The zero-order valence-corrected chi connectivity index (χ0v) is 22.3. The monoisotopic (exact) mass is 543 g/mol. The fourth-order valence-corrected chi connectivity index (χ4v) is 5.74. The molecule has 0 spiro atoms. The number of anilines is 1. The highest BCUT2D eigenvalue weighted by atomic mass is 35.5. The molecule has 0 aromatic heterocycles. The number of ether oxygens (including phenoxy) is 2. The van der Waals surface area contributed by atoms with Crippen LogP contribution in [0, 0.1) is 0 Å². The number of rotatable bonds is 9. The molecule has 1 atom stereocenters. The van der Waals surface area contributed by atoms with Crippen molar-refractivity contribution in [1.29, 1.82) is 0 Å². The number of sulfonamides is 1. The molecule has 1 aliphatic heterocycles. The van der Waals surface area contributed by atoms with Crippen molar-refractivity contribution in [1.82, 2.24) is 9.62 Å². The van der Waals surface area contributed by atoms with E-state index >= 15 is 0 Å². The highest BCUT2D eigenvalue weighted by Crippen LogP contribution is 2.29. The fourth-order valence-electron chi connectivity index (χ4n) is 4.35. The van der Waals surface area contributed by atoms with Crippen molar-refractivity contribution >= 4 is 33.2 Å². The first-order valence-corrected chi connectivity index (χ1v) is 13.7. The van der Waals surface area contributed by atoms with E-state index in [0.29, 0.717) is 37.0 Å². The lowest BCUT2D eigenvalue weighted by Crippen LogP contribution is -2.55. The van der Waals surface area contributed by atoms with E-state index in [4.69, 9.17) is 21.1 Å². The normalized spacial score (nSPS) is 14.8. The summed E-state index contributed by atoms with van der Waals surface area (Å²) in [6.45, 7) is 2.17. The molecule has 0 radical (unpaired) electrons.